The van der Waals surface area contributed by atoms with Gasteiger partial charge in [0.25, 0.3) is 11.5 Å². The van der Waals surface area contributed by atoms with Gasteiger partial charge in [-0.2, -0.15) is 0 Å². The Labute approximate surface area is 109 Å². The van der Waals surface area contributed by atoms with Crippen LogP contribution in [0.5, 0.6) is 0 Å². The van der Waals surface area contributed by atoms with E-state index in [-0.39, 0.29) is 17.9 Å². The van der Waals surface area contributed by atoms with Crippen molar-refractivity contribution in [3.8, 4) is 0 Å². The predicted octanol–water partition coefficient (Wildman–Crippen LogP) is 0.233. The molecule has 0 fully saturated rings. The lowest BCUT2D eigenvalue weighted by molar-refractivity contribution is 0.0910. The largest absolute Gasteiger partial charge is 0.394 e. The molecule has 6 heteroatoms. The molecule has 3 N–H and O–H groups in total. The number of nitrogens with one attached hydrogen (secondary N) is 2. The summed E-state index contributed by atoms with van der Waals surface area (Å²) in [4.78, 5) is 28.8. The number of carbonyl (C=O) groups excluding carboxylic acids is 1. The third kappa shape index (κ3) is 3.26. The van der Waals surface area contributed by atoms with E-state index < -0.39 is 11.9 Å². The molecule has 1 amide bonds. The van der Waals surface area contributed by atoms with Crippen LogP contribution in [-0.4, -0.2) is 27.6 Å². The summed E-state index contributed by atoms with van der Waals surface area (Å²) in [6.45, 7) is -0.223. The zero-order valence-electron chi connectivity index (χ0n) is 10.0. The molecule has 2 rings (SSSR count). The second-order valence-electron chi connectivity index (χ2n) is 3.92. The molecule has 1 atom stereocenters. The van der Waals surface area contributed by atoms with Gasteiger partial charge in [0, 0.05) is 6.20 Å². The Hall–Kier alpha value is -2.47. The number of hydrogen-bond donors (Lipinski definition) is 3. The highest BCUT2D eigenvalue weighted by Crippen LogP contribution is 2.11. The number of benzene rings is 1. The van der Waals surface area contributed by atoms with Crippen LogP contribution in [0.1, 0.15) is 22.1 Å². The van der Waals surface area contributed by atoms with Gasteiger partial charge in [0.2, 0.25) is 0 Å². The number of aromatic amines is 1. The van der Waals surface area contributed by atoms with E-state index in [2.05, 4.69) is 15.3 Å². The molecule has 0 saturated carbocycles. The first kappa shape index (κ1) is 13.0. The van der Waals surface area contributed by atoms with E-state index in [4.69, 9.17) is 0 Å². The summed E-state index contributed by atoms with van der Waals surface area (Å²) in [5.41, 5.74) is 0.509. The van der Waals surface area contributed by atoms with Crippen LogP contribution < -0.4 is 10.9 Å². The maximum Gasteiger partial charge on any atom is 0.271 e. The van der Waals surface area contributed by atoms with Gasteiger partial charge in [0.05, 0.1) is 18.8 Å². The van der Waals surface area contributed by atoms with Crippen molar-refractivity contribution >= 4 is 5.91 Å². The van der Waals surface area contributed by atoms with Crippen molar-refractivity contribution in [3.63, 3.8) is 0 Å². The van der Waals surface area contributed by atoms with Crippen molar-refractivity contribution in [2.24, 2.45) is 0 Å². The van der Waals surface area contributed by atoms with Crippen LogP contribution >= 0.6 is 0 Å². The minimum Gasteiger partial charge on any atom is -0.394 e. The van der Waals surface area contributed by atoms with E-state index >= 15 is 0 Å². The molecule has 0 aliphatic heterocycles. The number of aromatic nitrogens is 2. The Balaban J connectivity index is 2.13. The average molecular weight is 259 g/mol. The highest BCUT2D eigenvalue weighted by atomic mass is 16.3. The second kappa shape index (κ2) is 5.92. The van der Waals surface area contributed by atoms with Gasteiger partial charge >= 0.3 is 0 Å². The lowest BCUT2D eigenvalue weighted by atomic mass is 10.1. The molecule has 0 spiro atoms. The highest BCUT2D eigenvalue weighted by Gasteiger charge is 2.15. The SMILES string of the molecule is O=C(NC(CO)c1ccccc1)c1c[nH]c(=O)cn1. The Morgan fingerprint density at radius 1 is 1.37 bits per heavy atom. The molecule has 6 nitrogen and oxygen atoms in total. The molecule has 2 aromatic rings. The molecule has 98 valence electrons. The summed E-state index contributed by atoms with van der Waals surface area (Å²) >= 11 is 0. The molecule has 1 aromatic heterocycles. The molecular formula is C13H13N3O3. The summed E-state index contributed by atoms with van der Waals surface area (Å²) in [5.74, 6) is -0.459. The molecule has 1 unspecified atom stereocenters. The van der Waals surface area contributed by atoms with Gasteiger partial charge in [-0.25, -0.2) is 4.98 Å². The normalized spacial score (nSPS) is 11.8. The van der Waals surface area contributed by atoms with E-state index in [1.807, 2.05) is 30.3 Å². The molecule has 0 saturated heterocycles. The first-order chi connectivity index (χ1) is 9.20. The number of nitrogens with zero attached hydrogens (tertiary/aromatic N) is 1. The zero-order valence-corrected chi connectivity index (χ0v) is 10.0. The van der Waals surface area contributed by atoms with Crippen molar-refractivity contribution in [2.45, 2.75) is 6.04 Å². The fourth-order valence-corrected chi connectivity index (χ4v) is 1.62. The van der Waals surface area contributed by atoms with Gasteiger partial charge in [-0.05, 0) is 5.56 Å². The van der Waals surface area contributed by atoms with Crippen LogP contribution in [-0.2, 0) is 0 Å². The maximum atomic E-state index is 11.9. The summed E-state index contributed by atoms with van der Waals surface area (Å²) in [6.07, 6.45) is 2.27. The fourth-order valence-electron chi connectivity index (χ4n) is 1.62. The predicted molar refractivity (Wildman–Crippen MR) is 68.6 cm³/mol. The van der Waals surface area contributed by atoms with E-state index in [1.54, 1.807) is 0 Å². The van der Waals surface area contributed by atoms with Gasteiger partial charge in [0.1, 0.15) is 5.69 Å². The average Bonchev–Trinajstić information content (AvgIpc) is 2.46. The van der Waals surface area contributed by atoms with Crippen LogP contribution in [0.15, 0.2) is 47.5 Å². The Bertz CT molecular complexity index is 590. The van der Waals surface area contributed by atoms with Crippen molar-refractivity contribution in [1.29, 1.82) is 0 Å². The second-order valence-corrected chi connectivity index (χ2v) is 3.92. The van der Waals surface area contributed by atoms with Crippen LogP contribution in [0.2, 0.25) is 0 Å². The standard InChI is InChI=1S/C13H13N3O3/c17-8-11(9-4-2-1-3-5-9)16-13(19)10-6-15-12(18)7-14-10/h1-7,11,17H,8H2,(H,15,18)(H,16,19). The third-order valence-electron chi connectivity index (χ3n) is 2.59. The quantitative estimate of drug-likeness (QED) is 0.732. The van der Waals surface area contributed by atoms with E-state index in [9.17, 15) is 14.7 Å². The summed E-state index contributed by atoms with van der Waals surface area (Å²) in [6, 6.07) is 8.60. The van der Waals surface area contributed by atoms with Crippen LogP contribution in [0, 0.1) is 0 Å². The molecule has 1 heterocycles. The molecule has 1 aromatic carbocycles. The van der Waals surface area contributed by atoms with Crippen LogP contribution in [0.3, 0.4) is 0 Å². The Morgan fingerprint density at radius 2 is 2.11 bits per heavy atom. The van der Waals surface area contributed by atoms with Crippen molar-refractivity contribution in [2.75, 3.05) is 6.61 Å². The number of aliphatic hydroxyl groups is 1. The van der Waals surface area contributed by atoms with E-state index in [1.165, 1.54) is 6.20 Å². The molecule has 19 heavy (non-hydrogen) atoms. The number of aliphatic hydroxyl groups excluding tert-OH is 1. The lowest BCUT2D eigenvalue weighted by Crippen LogP contribution is -2.31. The van der Waals surface area contributed by atoms with Crippen LogP contribution in [0.4, 0.5) is 0 Å². The van der Waals surface area contributed by atoms with Crippen molar-refractivity contribution in [1.82, 2.24) is 15.3 Å². The van der Waals surface area contributed by atoms with E-state index in [0.717, 1.165) is 11.8 Å². The third-order valence-corrected chi connectivity index (χ3v) is 2.59. The molecule has 0 bridgehead atoms. The van der Waals surface area contributed by atoms with Gasteiger partial charge in [-0.15, -0.1) is 0 Å². The number of H-pyrrole nitrogens is 1. The number of carbonyl (C=O) groups is 1. The van der Waals surface area contributed by atoms with Crippen molar-refractivity contribution < 1.29 is 9.90 Å². The molecule has 0 aliphatic carbocycles. The Morgan fingerprint density at radius 3 is 2.68 bits per heavy atom. The Kier molecular flexibility index (Phi) is 4.04. The fraction of sp³-hybridized carbons (Fsp3) is 0.154. The topological polar surface area (TPSA) is 95.1 Å². The highest BCUT2D eigenvalue weighted by molar-refractivity contribution is 5.92. The molecule has 0 aliphatic rings. The first-order valence-corrected chi connectivity index (χ1v) is 5.72. The molecular weight excluding hydrogens is 246 g/mol. The molecule has 0 radical (unpaired) electrons. The van der Waals surface area contributed by atoms with Gasteiger partial charge < -0.3 is 15.4 Å². The minimum atomic E-state index is -0.512. The van der Waals surface area contributed by atoms with Crippen molar-refractivity contribution in [3.05, 3.63) is 64.3 Å². The first-order valence-electron chi connectivity index (χ1n) is 5.72. The van der Waals surface area contributed by atoms with Gasteiger partial charge in [0.15, 0.2) is 0 Å². The van der Waals surface area contributed by atoms with Crippen LogP contribution in [0.25, 0.3) is 0 Å². The van der Waals surface area contributed by atoms with Gasteiger partial charge in [-0.3, -0.25) is 9.59 Å². The summed E-state index contributed by atoms with van der Waals surface area (Å²) in [5, 5.41) is 12.0. The number of hydrogen-bond acceptors (Lipinski definition) is 4. The summed E-state index contributed by atoms with van der Waals surface area (Å²) < 4.78 is 0. The maximum absolute atomic E-state index is 11.9. The number of rotatable bonds is 4. The van der Waals surface area contributed by atoms with E-state index in [0.29, 0.717) is 0 Å². The lowest BCUT2D eigenvalue weighted by Gasteiger charge is -2.16. The monoisotopic (exact) mass is 259 g/mol. The summed E-state index contributed by atoms with van der Waals surface area (Å²) in [7, 11) is 0. The minimum absolute atomic E-state index is 0.0916. The number of amides is 1. The zero-order chi connectivity index (χ0) is 13.7. The van der Waals surface area contributed by atoms with Gasteiger partial charge in [-0.1, -0.05) is 30.3 Å². The smallest absolute Gasteiger partial charge is 0.271 e.